The highest BCUT2D eigenvalue weighted by molar-refractivity contribution is 6.30. The summed E-state index contributed by atoms with van der Waals surface area (Å²) < 4.78 is 15.7. The Bertz CT molecular complexity index is 1190. The molecular weight excluding hydrogens is 420 g/mol. The highest BCUT2D eigenvalue weighted by atomic mass is 35.5. The van der Waals surface area contributed by atoms with Crippen LogP contribution >= 0.6 is 11.6 Å². The number of halogens is 1. The molecule has 0 saturated heterocycles. The van der Waals surface area contributed by atoms with Gasteiger partial charge in [0.15, 0.2) is 0 Å². The zero-order valence-electron chi connectivity index (χ0n) is 17.9. The molecule has 1 aromatic carbocycles. The summed E-state index contributed by atoms with van der Waals surface area (Å²) >= 11 is 6.03. The molecule has 8 nitrogen and oxygen atoms in total. The summed E-state index contributed by atoms with van der Waals surface area (Å²) in [5.74, 6) is 0.246. The molecule has 1 aliphatic heterocycles. The fourth-order valence-electron chi connectivity index (χ4n) is 4.13. The summed E-state index contributed by atoms with van der Waals surface area (Å²) in [6.45, 7) is 7.06. The molecule has 164 valence electrons. The fraction of sp³-hybridized carbons (Fsp3) is 0.409. The summed E-state index contributed by atoms with van der Waals surface area (Å²) in [5, 5.41) is 4.83. The molecule has 0 N–H and O–H groups in total. The Morgan fingerprint density at radius 1 is 1.16 bits per heavy atom. The van der Waals surface area contributed by atoms with E-state index in [1.807, 2.05) is 26.0 Å². The first-order valence-electron chi connectivity index (χ1n) is 10.5. The molecule has 0 aliphatic carbocycles. The van der Waals surface area contributed by atoms with Crippen LogP contribution in [0.15, 0.2) is 29.3 Å². The van der Waals surface area contributed by atoms with E-state index in [2.05, 4.69) is 5.10 Å². The second kappa shape index (κ2) is 8.63. The van der Waals surface area contributed by atoms with E-state index >= 15 is 0 Å². The number of aromatic nitrogens is 4. The SMILES string of the molecule is CCOC(=O)Oc1c(-c2c(C)cc(-n3cc(Cl)cn3)cc2CC)c(=O)n2n1CCCC2. The zero-order valence-corrected chi connectivity index (χ0v) is 18.6. The van der Waals surface area contributed by atoms with Crippen LogP contribution in [0.5, 0.6) is 5.88 Å². The van der Waals surface area contributed by atoms with Gasteiger partial charge in [0.05, 0.1) is 23.5 Å². The standard InChI is InChI=1S/C22H25ClN4O4/c1-4-15-11-17(25-13-16(23)12-24-25)10-14(3)18(15)19-20(28)26-8-6-7-9-27(26)21(19)31-22(29)30-5-2/h10-13H,4-9H2,1-3H3. The van der Waals surface area contributed by atoms with Crippen LogP contribution in [0, 0.1) is 6.92 Å². The largest absolute Gasteiger partial charge is 0.515 e. The third kappa shape index (κ3) is 3.87. The average molecular weight is 445 g/mol. The van der Waals surface area contributed by atoms with E-state index in [1.54, 1.807) is 33.4 Å². The molecule has 0 unspecified atom stereocenters. The van der Waals surface area contributed by atoms with Crippen molar-refractivity contribution in [2.24, 2.45) is 0 Å². The molecule has 9 heteroatoms. The number of aryl methyl sites for hydroxylation is 2. The topological polar surface area (TPSA) is 80.3 Å². The summed E-state index contributed by atoms with van der Waals surface area (Å²) in [6.07, 6.45) is 5.00. The van der Waals surface area contributed by atoms with Gasteiger partial charge in [0.1, 0.15) is 5.56 Å². The zero-order chi connectivity index (χ0) is 22.1. The fourth-order valence-corrected chi connectivity index (χ4v) is 4.27. The van der Waals surface area contributed by atoms with Gasteiger partial charge in [0.25, 0.3) is 5.56 Å². The lowest BCUT2D eigenvalue weighted by molar-refractivity contribution is 0.0990. The van der Waals surface area contributed by atoms with Gasteiger partial charge in [-0.1, -0.05) is 18.5 Å². The Labute approximate surface area is 184 Å². The summed E-state index contributed by atoms with van der Waals surface area (Å²) in [4.78, 5) is 25.6. The lowest BCUT2D eigenvalue weighted by Crippen LogP contribution is -2.27. The van der Waals surface area contributed by atoms with Crippen LogP contribution in [0.1, 0.15) is 37.8 Å². The van der Waals surface area contributed by atoms with Crippen molar-refractivity contribution in [1.82, 2.24) is 19.1 Å². The minimum atomic E-state index is -0.811. The van der Waals surface area contributed by atoms with Crippen LogP contribution in [-0.2, 0) is 24.2 Å². The second-order valence-corrected chi connectivity index (χ2v) is 7.91. The third-order valence-corrected chi connectivity index (χ3v) is 5.66. The van der Waals surface area contributed by atoms with E-state index < -0.39 is 6.16 Å². The van der Waals surface area contributed by atoms with E-state index in [0.29, 0.717) is 30.1 Å². The van der Waals surface area contributed by atoms with Gasteiger partial charge < -0.3 is 9.47 Å². The van der Waals surface area contributed by atoms with Crippen molar-refractivity contribution < 1.29 is 14.3 Å². The third-order valence-electron chi connectivity index (χ3n) is 5.47. The highest BCUT2D eigenvalue weighted by Gasteiger charge is 2.29. The van der Waals surface area contributed by atoms with Crippen LogP contribution in [0.4, 0.5) is 4.79 Å². The van der Waals surface area contributed by atoms with Crippen LogP contribution in [-0.4, -0.2) is 31.9 Å². The first-order valence-corrected chi connectivity index (χ1v) is 10.8. The first-order chi connectivity index (χ1) is 14.9. The molecule has 0 amide bonds. The second-order valence-electron chi connectivity index (χ2n) is 7.48. The van der Waals surface area contributed by atoms with Crippen LogP contribution < -0.4 is 10.3 Å². The molecule has 0 atom stereocenters. The number of carbonyl (C=O) groups is 1. The molecular formula is C22H25ClN4O4. The highest BCUT2D eigenvalue weighted by Crippen LogP contribution is 2.36. The van der Waals surface area contributed by atoms with Crippen LogP contribution in [0.2, 0.25) is 5.02 Å². The smallest absolute Gasteiger partial charge is 0.434 e. The van der Waals surface area contributed by atoms with Gasteiger partial charge >= 0.3 is 6.16 Å². The van der Waals surface area contributed by atoms with Gasteiger partial charge in [-0.15, -0.1) is 0 Å². The van der Waals surface area contributed by atoms with Crippen molar-refractivity contribution >= 4 is 17.8 Å². The van der Waals surface area contributed by atoms with Crippen molar-refractivity contribution in [3.05, 3.63) is 51.0 Å². The molecule has 0 fully saturated rings. The van der Waals surface area contributed by atoms with Gasteiger partial charge in [0.2, 0.25) is 5.88 Å². The van der Waals surface area contributed by atoms with Crippen molar-refractivity contribution in [2.75, 3.05) is 6.61 Å². The van der Waals surface area contributed by atoms with E-state index in [-0.39, 0.29) is 18.0 Å². The maximum absolute atomic E-state index is 13.4. The summed E-state index contributed by atoms with van der Waals surface area (Å²) in [6, 6.07) is 3.94. The summed E-state index contributed by atoms with van der Waals surface area (Å²) in [7, 11) is 0. The van der Waals surface area contributed by atoms with Crippen molar-refractivity contribution in [2.45, 2.75) is 53.1 Å². The lowest BCUT2D eigenvalue weighted by Gasteiger charge is -2.19. The van der Waals surface area contributed by atoms with Crippen molar-refractivity contribution in [3.8, 4) is 22.7 Å². The number of fused-ring (bicyclic) bond motifs is 1. The van der Waals surface area contributed by atoms with Gasteiger partial charge in [-0.2, -0.15) is 5.10 Å². The van der Waals surface area contributed by atoms with E-state index in [1.165, 1.54) is 0 Å². The molecule has 0 spiro atoms. The molecule has 0 radical (unpaired) electrons. The number of ether oxygens (including phenoxy) is 2. The molecule has 0 saturated carbocycles. The summed E-state index contributed by atoms with van der Waals surface area (Å²) in [5.41, 5.74) is 3.71. The molecule has 31 heavy (non-hydrogen) atoms. The van der Waals surface area contributed by atoms with E-state index in [4.69, 9.17) is 21.1 Å². The van der Waals surface area contributed by atoms with E-state index in [9.17, 15) is 9.59 Å². The van der Waals surface area contributed by atoms with Gasteiger partial charge in [-0.25, -0.2) is 14.2 Å². The minimum absolute atomic E-state index is 0.160. The molecule has 3 heterocycles. The quantitative estimate of drug-likeness (QED) is 0.546. The molecule has 1 aliphatic rings. The Kier molecular flexibility index (Phi) is 5.91. The average Bonchev–Trinajstić information content (AvgIpc) is 3.30. The van der Waals surface area contributed by atoms with Crippen LogP contribution in [0.25, 0.3) is 16.8 Å². The number of rotatable bonds is 5. The van der Waals surface area contributed by atoms with Gasteiger partial charge in [0, 0.05) is 19.3 Å². The Balaban J connectivity index is 1.92. The first kappa shape index (κ1) is 21.2. The number of hydrogen-bond donors (Lipinski definition) is 0. The number of benzene rings is 1. The minimum Gasteiger partial charge on any atom is -0.434 e. The molecule has 3 aromatic rings. The Hall–Kier alpha value is -3.00. The van der Waals surface area contributed by atoms with Gasteiger partial charge in [-0.05, 0) is 61.9 Å². The predicted molar refractivity (Wildman–Crippen MR) is 117 cm³/mol. The number of nitrogens with zero attached hydrogens (tertiary/aromatic N) is 4. The molecule has 2 aromatic heterocycles. The maximum Gasteiger partial charge on any atom is 0.515 e. The van der Waals surface area contributed by atoms with E-state index in [0.717, 1.165) is 35.2 Å². The number of hydrogen-bond acceptors (Lipinski definition) is 5. The monoisotopic (exact) mass is 444 g/mol. The van der Waals surface area contributed by atoms with Crippen molar-refractivity contribution in [1.29, 1.82) is 0 Å². The normalized spacial score (nSPS) is 13.2. The van der Waals surface area contributed by atoms with Gasteiger partial charge in [-0.3, -0.25) is 9.48 Å². The molecule has 4 rings (SSSR count). The number of carbonyl (C=O) groups excluding carboxylic acids is 1. The lowest BCUT2D eigenvalue weighted by atomic mass is 9.94. The predicted octanol–water partition coefficient (Wildman–Crippen LogP) is 4.36. The van der Waals surface area contributed by atoms with Crippen molar-refractivity contribution in [3.63, 3.8) is 0 Å². The van der Waals surface area contributed by atoms with Crippen LogP contribution in [0.3, 0.4) is 0 Å². The Morgan fingerprint density at radius 3 is 2.55 bits per heavy atom. The Morgan fingerprint density at radius 2 is 1.90 bits per heavy atom. The molecule has 0 bridgehead atoms. The maximum atomic E-state index is 13.4.